The fourth-order valence-corrected chi connectivity index (χ4v) is 3.44. The summed E-state index contributed by atoms with van der Waals surface area (Å²) in [7, 11) is 0. The van der Waals surface area contributed by atoms with Crippen molar-refractivity contribution in [1.29, 1.82) is 0 Å². The minimum atomic E-state index is -0.492. The molecule has 0 fully saturated rings. The number of rotatable bonds is 11. The summed E-state index contributed by atoms with van der Waals surface area (Å²) in [6, 6.07) is 8.05. The molecular formula is C19H29NO3S. The maximum atomic E-state index is 10.3. The molecule has 0 bridgehead atoms. The van der Waals surface area contributed by atoms with Gasteiger partial charge >= 0.3 is 0 Å². The number of aliphatic hydroxyl groups excluding tert-OH is 1. The van der Waals surface area contributed by atoms with Crippen molar-refractivity contribution in [2.75, 3.05) is 19.7 Å². The van der Waals surface area contributed by atoms with E-state index in [1.54, 1.807) is 6.26 Å². The molecule has 1 atom stereocenters. The Balaban J connectivity index is 1.78. The summed E-state index contributed by atoms with van der Waals surface area (Å²) in [6.07, 6.45) is 2.27. The van der Waals surface area contributed by atoms with E-state index in [9.17, 15) is 5.11 Å². The molecule has 0 aliphatic rings. The van der Waals surface area contributed by atoms with Crippen molar-refractivity contribution in [1.82, 2.24) is 4.90 Å². The van der Waals surface area contributed by atoms with E-state index in [-0.39, 0.29) is 0 Å². The van der Waals surface area contributed by atoms with E-state index < -0.39 is 6.10 Å². The maximum absolute atomic E-state index is 10.3. The lowest BCUT2D eigenvalue weighted by molar-refractivity contribution is 0.00340. The highest BCUT2D eigenvalue weighted by Crippen LogP contribution is 2.18. The van der Waals surface area contributed by atoms with Gasteiger partial charge in [-0.2, -0.15) is 0 Å². The molecule has 0 spiro atoms. The normalized spacial score (nSPS) is 13.1. The summed E-state index contributed by atoms with van der Waals surface area (Å²) in [6.45, 7) is 9.82. The molecule has 2 rings (SSSR count). The molecule has 1 N–H and O–H groups in total. The third-order valence-electron chi connectivity index (χ3n) is 3.80. The molecule has 0 saturated carbocycles. The number of furan rings is 1. The molecule has 134 valence electrons. The lowest BCUT2D eigenvalue weighted by atomic mass is 10.1. The molecule has 0 radical (unpaired) electrons. The molecule has 5 heteroatoms. The van der Waals surface area contributed by atoms with Crippen LogP contribution in [0.3, 0.4) is 0 Å². The lowest BCUT2D eigenvalue weighted by Crippen LogP contribution is -2.35. The van der Waals surface area contributed by atoms with E-state index in [0.717, 1.165) is 25.3 Å². The molecule has 4 nitrogen and oxygen atoms in total. The molecular weight excluding hydrogens is 322 g/mol. The zero-order chi connectivity index (χ0) is 17.4. The van der Waals surface area contributed by atoms with Gasteiger partial charge < -0.3 is 14.3 Å². The van der Waals surface area contributed by atoms with E-state index in [1.807, 2.05) is 23.5 Å². The molecule has 0 aliphatic carbocycles. The van der Waals surface area contributed by atoms with Crippen molar-refractivity contribution in [2.45, 2.75) is 46.4 Å². The zero-order valence-electron chi connectivity index (χ0n) is 14.9. The van der Waals surface area contributed by atoms with Gasteiger partial charge in [0, 0.05) is 22.8 Å². The number of nitrogens with zero attached hydrogens (tertiary/aromatic N) is 1. The quantitative estimate of drug-likeness (QED) is 0.663. The average molecular weight is 352 g/mol. The van der Waals surface area contributed by atoms with Crippen LogP contribution in [0.1, 0.15) is 35.8 Å². The van der Waals surface area contributed by atoms with Gasteiger partial charge in [-0.05, 0) is 50.1 Å². The van der Waals surface area contributed by atoms with Crippen LogP contribution in [-0.4, -0.2) is 35.8 Å². The van der Waals surface area contributed by atoms with Gasteiger partial charge in [0.1, 0.15) is 12.4 Å². The number of hydrogen-bond acceptors (Lipinski definition) is 5. The van der Waals surface area contributed by atoms with Crippen molar-refractivity contribution >= 4 is 11.3 Å². The minimum Gasteiger partial charge on any atom is -0.467 e. The second kappa shape index (κ2) is 9.99. The van der Waals surface area contributed by atoms with E-state index in [0.29, 0.717) is 25.7 Å². The Labute approximate surface area is 149 Å². The smallest absolute Gasteiger partial charge is 0.129 e. The van der Waals surface area contributed by atoms with Crippen LogP contribution >= 0.6 is 11.3 Å². The molecule has 0 aromatic carbocycles. The predicted octanol–water partition coefficient (Wildman–Crippen LogP) is 4.08. The molecule has 0 amide bonds. The van der Waals surface area contributed by atoms with Gasteiger partial charge in [-0.25, -0.2) is 0 Å². The van der Waals surface area contributed by atoms with Crippen molar-refractivity contribution < 1.29 is 14.3 Å². The van der Waals surface area contributed by atoms with Gasteiger partial charge in [-0.15, -0.1) is 11.3 Å². The van der Waals surface area contributed by atoms with Crippen LogP contribution in [0.2, 0.25) is 0 Å². The Hall–Kier alpha value is -1.14. The first kappa shape index (κ1) is 19.2. The second-order valence-corrected chi connectivity index (χ2v) is 8.05. The van der Waals surface area contributed by atoms with Crippen LogP contribution in [0.4, 0.5) is 0 Å². The van der Waals surface area contributed by atoms with Crippen molar-refractivity contribution in [2.24, 2.45) is 5.92 Å². The Morgan fingerprint density at radius 1 is 1.29 bits per heavy atom. The van der Waals surface area contributed by atoms with Crippen LogP contribution < -0.4 is 0 Å². The van der Waals surface area contributed by atoms with E-state index in [1.165, 1.54) is 9.75 Å². The number of aryl methyl sites for hydroxylation is 1. The van der Waals surface area contributed by atoms with Crippen LogP contribution in [0.15, 0.2) is 34.9 Å². The highest BCUT2D eigenvalue weighted by molar-refractivity contribution is 7.11. The lowest BCUT2D eigenvalue weighted by Gasteiger charge is -2.25. The number of thiophene rings is 1. The largest absolute Gasteiger partial charge is 0.467 e. The van der Waals surface area contributed by atoms with Crippen molar-refractivity contribution in [3.05, 3.63) is 46.0 Å². The first-order valence-corrected chi connectivity index (χ1v) is 9.40. The van der Waals surface area contributed by atoms with Crippen molar-refractivity contribution in [3.63, 3.8) is 0 Å². The Kier molecular flexibility index (Phi) is 7.99. The zero-order valence-corrected chi connectivity index (χ0v) is 15.7. The average Bonchev–Trinajstić information content (AvgIpc) is 3.16. The molecule has 0 saturated heterocycles. The summed E-state index contributed by atoms with van der Waals surface area (Å²) >= 11 is 1.83. The third-order valence-corrected chi connectivity index (χ3v) is 4.79. The summed E-state index contributed by atoms with van der Waals surface area (Å²) in [5.41, 5.74) is 0. The first-order valence-electron chi connectivity index (χ1n) is 8.58. The van der Waals surface area contributed by atoms with Crippen LogP contribution in [0.25, 0.3) is 0 Å². The fourth-order valence-electron chi connectivity index (χ4n) is 2.51. The van der Waals surface area contributed by atoms with E-state index in [2.05, 4.69) is 37.8 Å². The Morgan fingerprint density at radius 3 is 2.75 bits per heavy atom. The highest BCUT2D eigenvalue weighted by atomic mass is 32.1. The molecule has 0 aliphatic heterocycles. The highest BCUT2D eigenvalue weighted by Gasteiger charge is 2.14. The monoisotopic (exact) mass is 351 g/mol. The van der Waals surface area contributed by atoms with Crippen LogP contribution in [-0.2, 0) is 17.9 Å². The summed E-state index contributed by atoms with van der Waals surface area (Å²) in [5.74, 6) is 1.44. The minimum absolute atomic E-state index is 0.322. The van der Waals surface area contributed by atoms with E-state index >= 15 is 0 Å². The predicted molar refractivity (Wildman–Crippen MR) is 98.2 cm³/mol. The van der Waals surface area contributed by atoms with Gasteiger partial charge in [0.15, 0.2) is 0 Å². The molecule has 0 unspecified atom stereocenters. The van der Waals surface area contributed by atoms with Crippen LogP contribution in [0, 0.1) is 12.8 Å². The summed E-state index contributed by atoms with van der Waals surface area (Å²) < 4.78 is 10.8. The first-order chi connectivity index (χ1) is 11.5. The fraction of sp³-hybridized carbons (Fsp3) is 0.579. The van der Waals surface area contributed by atoms with Crippen LogP contribution in [0.5, 0.6) is 0 Å². The Morgan fingerprint density at radius 2 is 2.12 bits per heavy atom. The standard InChI is InChI=1S/C19H29NO3S/c1-15(2)8-9-20(12-19-7-6-16(3)24-19)11-17(21)13-22-14-18-5-4-10-23-18/h4-7,10,15,17,21H,8-9,11-14H2,1-3H3/t17-/m1/s1. The molecule has 2 heterocycles. The third kappa shape index (κ3) is 7.18. The van der Waals surface area contributed by atoms with Gasteiger partial charge in [0.25, 0.3) is 0 Å². The molecule has 2 aromatic heterocycles. The Bertz CT molecular complexity index is 565. The summed E-state index contributed by atoms with van der Waals surface area (Å²) in [4.78, 5) is 5.00. The van der Waals surface area contributed by atoms with Gasteiger partial charge in [0.2, 0.25) is 0 Å². The number of ether oxygens (including phenoxy) is 1. The van der Waals surface area contributed by atoms with Crippen molar-refractivity contribution in [3.8, 4) is 0 Å². The maximum Gasteiger partial charge on any atom is 0.129 e. The van der Waals surface area contributed by atoms with E-state index in [4.69, 9.17) is 9.15 Å². The topological polar surface area (TPSA) is 45.8 Å². The van der Waals surface area contributed by atoms with Gasteiger partial charge in [0.05, 0.1) is 19.0 Å². The number of aliphatic hydroxyl groups is 1. The SMILES string of the molecule is Cc1ccc(CN(CCC(C)C)C[C@@H](O)COCc2ccco2)s1. The van der Waals surface area contributed by atoms with Gasteiger partial charge in [-0.1, -0.05) is 13.8 Å². The van der Waals surface area contributed by atoms with Gasteiger partial charge in [-0.3, -0.25) is 4.90 Å². The number of hydrogen-bond donors (Lipinski definition) is 1. The molecule has 24 heavy (non-hydrogen) atoms. The summed E-state index contributed by atoms with van der Waals surface area (Å²) in [5, 5.41) is 10.3. The second-order valence-electron chi connectivity index (χ2n) is 6.68. The molecule has 2 aromatic rings.